The summed E-state index contributed by atoms with van der Waals surface area (Å²) in [5.74, 6) is 0.000250. The van der Waals surface area contributed by atoms with Crippen LogP contribution in [0.4, 0.5) is 0 Å². The molecule has 2 rings (SSSR count). The molecule has 0 bridgehead atoms. The number of esters is 2. The molecule has 0 spiro atoms. The van der Waals surface area contributed by atoms with Gasteiger partial charge in [-0.15, -0.1) is 0 Å². The molecule has 0 radical (unpaired) electrons. The van der Waals surface area contributed by atoms with Gasteiger partial charge in [-0.05, 0) is 56.3 Å². The summed E-state index contributed by atoms with van der Waals surface area (Å²) in [5, 5.41) is 53.5. The van der Waals surface area contributed by atoms with E-state index in [-0.39, 0.29) is 17.9 Å². The smallest absolute Gasteiger partial charge is 0.397 e. The molecule has 0 aromatic carbocycles. The highest BCUT2D eigenvalue weighted by molar-refractivity contribution is 7.80. The molecule has 14 atom stereocenters. The fourth-order valence-electron chi connectivity index (χ4n) is 11.2. The van der Waals surface area contributed by atoms with Crippen molar-refractivity contribution in [3.8, 4) is 0 Å². The van der Waals surface area contributed by atoms with E-state index in [1.54, 1.807) is 6.92 Å². The molecule has 0 aromatic heterocycles. The Balaban J connectivity index is 2.03. The van der Waals surface area contributed by atoms with Crippen LogP contribution in [0.5, 0.6) is 0 Å². The maximum absolute atomic E-state index is 13.9. The van der Waals surface area contributed by atoms with Crippen molar-refractivity contribution in [1.29, 1.82) is 0 Å². The Labute approximate surface area is 460 Å². The molecule has 76 heavy (non-hydrogen) atoms. The van der Waals surface area contributed by atoms with Crippen LogP contribution in [0.15, 0.2) is 11.6 Å². The average Bonchev–Trinajstić information content (AvgIpc) is 3.36. The quantitative estimate of drug-likeness (QED) is 0.0144. The second-order valence-corrected chi connectivity index (χ2v) is 24.1. The minimum Gasteiger partial charge on any atom is -0.453 e. The van der Waals surface area contributed by atoms with Gasteiger partial charge in [0, 0.05) is 12.0 Å². The van der Waals surface area contributed by atoms with Crippen LogP contribution < -0.4 is 0 Å². The summed E-state index contributed by atoms with van der Waals surface area (Å²) in [7, 11) is -5.26. The number of hydrogen-bond donors (Lipinski definition) is 6. The summed E-state index contributed by atoms with van der Waals surface area (Å²) in [6, 6.07) is 0. The Morgan fingerprint density at radius 1 is 0.526 bits per heavy atom. The lowest BCUT2D eigenvalue weighted by Gasteiger charge is -2.46. The highest BCUT2D eigenvalue weighted by Crippen LogP contribution is 2.34. The summed E-state index contributed by atoms with van der Waals surface area (Å²) in [6.45, 7) is 13.3. The standard InChI is InChI=1S/C59H110O16S/c1-8-10-12-14-16-18-20-22-24-25-27-29-31-33-35-43(3)37-44(4)38-45(5)39-46(6)40-47(7)57(66)73-55-52(64)49(42-61)71-59(74-58-53(65)54(75-76(67,68)69)51(63)48(41-60)70-58)56(55)72-50(62)36-34-32-30-28-26-23-21-19-17-15-13-11-9-2/h40,43-46,48-49,51-56,58-61,63-65H,8-39,41-42H2,1-7H3,(H,67,68,69)/b47-40+/t43-,44-,45-,46-,48?,49?,51?,52?,53?,54?,55?,56?,58?,59?/m0/s1. The van der Waals surface area contributed by atoms with Crippen molar-refractivity contribution in [2.45, 2.75) is 315 Å². The van der Waals surface area contributed by atoms with Gasteiger partial charge in [-0.1, -0.05) is 221 Å². The first-order chi connectivity index (χ1) is 36.3. The molecule has 2 saturated heterocycles. The number of rotatable bonds is 45. The molecular weight excluding hydrogens is 997 g/mol. The predicted molar refractivity (Wildman–Crippen MR) is 296 cm³/mol. The van der Waals surface area contributed by atoms with E-state index in [1.165, 1.54) is 154 Å². The van der Waals surface area contributed by atoms with Gasteiger partial charge in [0.05, 0.1) is 13.2 Å². The lowest BCUT2D eigenvalue weighted by atomic mass is 9.84. The second kappa shape index (κ2) is 41.3. The molecule has 10 unspecified atom stereocenters. The molecule has 0 saturated carbocycles. The number of hydrogen-bond acceptors (Lipinski definition) is 15. The third kappa shape index (κ3) is 30.2. The van der Waals surface area contributed by atoms with Crippen LogP contribution in [-0.4, -0.2) is 125 Å². The van der Waals surface area contributed by atoms with Crippen molar-refractivity contribution in [2.75, 3.05) is 13.2 Å². The Morgan fingerprint density at radius 3 is 1.39 bits per heavy atom. The van der Waals surface area contributed by atoms with E-state index >= 15 is 0 Å². The highest BCUT2D eigenvalue weighted by Gasteiger charge is 2.54. The topological polar surface area (TPSA) is 245 Å². The molecule has 0 aromatic rings. The van der Waals surface area contributed by atoms with E-state index in [0.717, 1.165) is 38.5 Å². The average molecular weight is 1110 g/mol. The fourth-order valence-corrected chi connectivity index (χ4v) is 11.8. The van der Waals surface area contributed by atoms with Gasteiger partial charge in [0.1, 0.15) is 36.6 Å². The predicted octanol–water partition coefficient (Wildman–Crippen LogP) is 11.5. The van der Waals surface area contributed by atoms with Crippen molar-refractivity contribution < 1.29 is 76.0 Å². The SMILES string of the molecule is CCCCCCCCCCCCCCCC[C@H](C)C[C@H](C)C[C@H](C)C[C@H](C)/C=C(\C)C(=O)OC1C(O)C(CO)OC(OC2OC(CO)C(O)C(OS(=O)(=O)O)C2O)C1OC(=O)CCCCCCCCCCCCCCC. The molecule has 6 N–H and O–H groups in total. The fraction of sp³-hybridized carbons (Fsp3) is 0.932. The molecule has 17 heteroatoms. The number of aliphatic hydroxyl groups is 5. The monoisotopic (exact) mass is 1110 g/mol. The van der Waals surface area contributed by atoms with Crippen LogP contribution in [0.25, 0.3) is 0 Å². The summed E-state index contributed by atoms with van der Waals surface area (Å²) in [4.78, 5) is 27.4. The van der Waals surface area contributed by atoms with Gasteiger partial charge in [0.25, 0.3) is 0 Å². The normalized spacial score (nSPS) is 26.0. The molecule has 2 heterocycles. The third-order valence-corrected chi connectivity index (χ3v) is 15.9. The Hall–Kier alpha value is -1.77. The first kappa shape index (κ1) is 70.3. The van der Waals surface area contributed by atoms with Crippen LogP contribution in [-0.2, 0) is 47.9 Å². The highest BCUT2D eigenvalue weighted by atomic mass is 32.3. The van der Waals surface area contributed by atoms with Crippen LogP contribution >= 0.6 is 0 Å². The number of allylic oxidation sites excluding steroid dienone is 1. The molecule has 0 amide bonds. The first-order valence-corrected chi connectivity index (χ1v) is 31.7. The lowest BCUT2D eigenvalue weighted by molar-refractivity contribution is -0.375. The minimum atomic E-state index is -5.26. The van der Waals surface area contributed by atoms with Crippen LogP contribution in [0.3, 0.4) is 0 Å². The zero-order valence-electron chi connectivity index (χ0n) is 48.4. The number of unbranched alkanes of at least 4 members (excludes halogenated alkanes) is 25. The molecular formula is C59H110O16S. The van der Waals surface area contributed by atoms with Crippen molar-refractivity contribution in [3.63, 3.8) is 0 Å². The largest absolute Gasteiger partial charge is 0.453 e. The van der Waals surface area contributed by atoms with Gasteiger partial charge < -0.3 is 49.2 Å². The van der Waals surface area contributed by atoms with Gasteiger partial charge in [-0.2, -0.15) is 8.42 Å². The molecule has 16 nitrogen and oxygen atoms in total. The molecule has 2 fully saturated rings. The maximum atomic E-state index is 13.9. The summed E-state index contributed by atoms with van der Waals surface area (Å²) < 4.78 is 66.3. The van der Waals surface area contributed by atoms with E-state index in [9.17, 15) is 48.1 Å². The number of carbonyl (C=O) groups excluding carboxylic acids is 2. The minimum absolute atomic E-state index is 0.0183. The summed E-state index contributed by atoms with van der Waals surface area (Å²) in [6.07, 6.45) is 21.1. The van der Waals surface area contributed by atoms with Crippen molar-refractivity contribution in [1.82, 2.24) is 0 Å². The van der Waals surface area contributed by atoms with Gasteiger partial charge >= 0.3 is 22.3 Å². The summed E-state index contributed by atoms with van der Waals surface area (Å²) in [5.41, 5.74) is 0.235. The zero-order chi connectivity index (χ0) is 56.3. The van der Waals surface area contributed by atoms with Crippen LogP contribution in [0.2, 0.25) is 0 Å². The van der Waals surface area contributed by atoms with Gasteiger partial charge in [0.2, 0.25) is 6.29 Å². The molecule has 2 aliphatic rings. The van der Waals surface area contributed by atoms with E-state index < -0.39 is 97.0 Å². The van der Waals surface area contributed by atoms with Crippen molar-refractivity contribution in [2.24, 2.45) is 23.7 Å². The zero-order valence-corrected chi connectivity index (χ0v) is 49.2. The van der Waals surface area contributed by atoms with E-state index in [1.807, 2.05) is 13.0 Å². The Kier molecular flexibility index (Phi) is 38.2. The second-order valence-electron chi connectivity index (χ2n) is 23.1. The van der Waals surface area contributed by atoms with Crippen LogP contribution in [0, 0.1) is 23.7 Å². The molecule has 0 aliphatic carbocycles. The molecule has 448 valence electrons. The van der Waals surface area contributed by atoms with E-state index in [2.05, 4.69) is 38.8 Å². The number of ether oxygens (including phenoxy) is 5. The Bertz CT molecular complexity index is 1630. The van der Waals surface area contributed by atoms with Gasteiger partial charge in [0.15, 0.2) is 18.5 Å². The van der Waals surface area contributed by atoms with Crippen molar-refractivity contribution in [3.05, 3.63) is 11.6 Å². The number of carbonyl (C=O) groups is 2. The lowest BCUT2D eigenvalue weighted by Crippen LogP contribution is -2.65. The third-order valence-electron chi connectivity index (χ3n) is 15.4. The van der Waals surface area contributed by atoms with Gasteiger partial charge in [-0.3, -0.25) is 9.35 Å². The van der Waals surface area contributed by atoms with E-state index in [0.29, 0.717) is 24.2 Å². The van der Waals surface area contributed by atoms with E-state index in [4.69, 9.17) is 23.7 Å². The first-order valence-electron chi connectivity index (χ1n) is 30.3. The Morgan fingerprint density at radius 2 is 0.934 bits per heavy atom. The van der Waals surface area contributed by atoms with Crippen LogP contribution in [0.1, 0.15) is 254 Å². The number of aliphatic hydroxyl groups excluding tert-OH is 5. The van der Waals surface area contributed by atoms with Crippen molar-refractivity contribution >= 4 is 22.3 Å². The summed E-state index contributed by atoms with van der Waals surface area (Å²) >= 11 is 0. The molecule has 2 aliphatic heterocycles. The van der Waals surface area contributed by atoms with Gasteiger partial charge in [-0.25, -0.2) is 8.98 Å². The maximum Gasteiger partial charge on any atom is 0.397 e.